The number of aryl methyl sites for hydroxylation is 1. The first kappa shape index (κ1) is 17.1. The van der Waals surface area contributed by atoms with Gasteiger partial charge in [-0.15, -0.1) is 0 Å². The van der Waals surface area contributed by atoms with Gasteiger partial charge >= 0.3 is 0 Å². The molecule has 0 saturated heterocycles. The lowest BCUT2D eigenvalue weighted by Crippen LogP contribution is -1.80. The molecular formula is C24H17N3O2. The molecule has 0 bridgehead atoms. The maximum absolute atomic E-state index is 5.83. The van der Waals surface area contributed by atoms with Crippen molar-refractivity contribution in [3.8, 4) is 22.9 Å². The molecule has 3 aromatic carbocycles. The zero-order valence-corrected chi connectivity index (χ0v) is 15.7. The van der Waals surface area contributed by atoms with E-state index in [1.807, 2.05) is 60.7 Å². The monoisotopic (exact) mass is 379 g/mol. The Kier molecular flexibility index (Phi) is 4.26. The van der Waals surface area contributed by atoms with Crippen LogP contribution in [0, 0.1) is 6.92 Å². The molecule has 0 amide bonds. The second-order valence-corrected chi connectivity index (χ2v) is 6.71. The molecule has 140 valence electrons. The standard InChI is InChI=1S/C24H17N3O2/c1-16-25-24(29-27-16)20-14-10-18(11-15-20)7-6-17-8-12-19(13-9-17)23-26-21-4-2-3-5-22(21)28-23/h2-15H,1H3/b7-6+. The highest BCUT2D eigenvalue weighted by Crippen LogP contribution is 2.25. The zero-order chi connectivity index (χ0) is 19.6. The summed E-state index contributed by atoms with van der Waals surface area (Å²) in [6.45, 7) is 1.81. The molecule has 0 N–H and O–H groups in total. The van der Waals surface area contributed by atoms with Crippen LogP contribution >= 0.6 is 0 Å². The molecule has 0 unspecified atom stereocenters. The highest BCUT2D eigenvalue weighted by atomic mass is 16.5. The second-order valence-electron chi connectivity index (χ2n) is 6.71. The molecule has 0 fully saturated rings. The molecule has 0 aliphatic rings. The predicted octanol–water partition coefficient (Wildman–Crippen LogP) is 6.02. The first-order valence-electron chi connectivity index (χ1n) is 9.29. The first-order valence-corrected chi connectivity index (χ1v) is 9.29. The topological polar surface area (TPSA) is 65.0 Å². The molecule has 0 aliphatic heterocycles. The molecule has 29 heavy (non-hydrogen) atoms. The summed E-state index contributed by atoms with van der Waals surface area (Å²) < 4.78 is 11.0. The van der Waals surface area contributed by atoms with Crippen LogP contribution in [-0.2, 0) is 0 Å². The van der Waals surface area contributed by atoms with Gasteiger partial charge in [-0.2, -0.15) is 4.98 Å². The zero-order valence-electron chi connectivity index (χ0n) is 15.7. The van der Waals surface area contributed by atoms with Gasteiger partial charge in [0, 0.05) is 11.1 Å². The molecule has 5 rings (SSSR count). The molecule has 5 nitrogen and oxygen atoms in total. The average Bonchev–Trinajstić information content (AvgIpc) is 3.39. The van der Waals surface area contributed by atoms with Crippen LogP contribution in [0.2, 0.25) is 0 Å². The fourth-order valence-electron chi connectivity index (χ4n) is 3.08. The Bertz CT molecular complexity index is 1260. The molecule has 0 radical (unpaired) electrons. The summed E-state index contributed by atoms with van der Waals surface area (Å²) in [5, 5.41) is 3.82. The van der Waals surface area contributed by atoms with Gasteiger partial charge in [-0.3, -0.25) is 0 Å². The first-order chi connectivity index (χ1) is 14.2. The van der Waals surface area contributed by atoms with E-state index in [0.29, 0.717) is 17.6 Å². The van der Waals surface area contributed by atoms with Crippen molar-refractivity contribution in [3.63, 3.8) is 0 Å². The van der Waals surface area contributed by atoms with E-state index in [2.05, 4.69) is 39.4 Å². The minimum Gasteiger partial charge on any atom is -0.436 e. The van der Waals surface area contributed by atoms with Gasteiger partial charge in [0.15, 0.2) is 11.4 Å². The van der Waals surface area contributed by atoms with Gasteiger partial charge in [-0.25, -0.2) is 4.98 Å². The van der Waals surface area contributed by atoms with Gasteiger partial charge < -0.3 is 8.94 Å². The third kappa shape index (κ3) is 3.58. The molecule has 0 saturated carbocycles. The van der Waals surface area contributed by atoms with Crippen molar-refractivity contribution in [1.82, 2.24) is 15.1 Å². The predicted molar refractivity (Wildman–Crippen MR) is 113 cm³/mol. The molecule has 2 heterocycles. The molecular weight excluding hydrogens is 362 g/mol. The number of aromatic nitrogens is 3. The second kappa shape index (κ2) is 7.20. The normalized spacial score (nSPS) is 11.5. The summed E-state index contributed by atoms with van der Waals surface area (Å²) in [6.07, 6.45) is 4.14. The molecule has 0 spiro atoms. The van der Waals surface area contributed by atoms with Crippen LogP contribution in [0.15, 0.2) is 81.7 Å². The van der Waals surface area contributed by atoms with Gasteiger partial charge in [0.2, 0.25) is 5.89 Å². The number of rotatable bonds is 4. The van der Waals surface area contributed by atoms with E-state index in [-0.39, 0.29) is 0 Å². The lowest BCUT2D eigenvalue weighted by Gasteiger charge is -1.99. The molecule has 2 aromatic heterocycles. The van der Waals surface area contributed by atoms with Gasteiger partial charge in [0.05, 0.1) is 0 Å². The van der Waals surface area contributed by atoms with Crippen LogP contribution in [0.4, 0.5) is 0 Å². The SMILES string of the molecule is Cc1noc(-c2ccc(/C=C/c3ccc(-c4nc5ccccc5o4)cc3)cc2)n1. The number of nitrogens with zero attached hydrogens (tertiary/aromatic N) is 3. The molecule has 0 aliphatic carbocycles. The van der Waals surface area contributed by atoms with Crippen molar-refractivity contribution in [2.75, 3.05) is 0 Å². The minimum atomic E-state index is 0.535. The highest BCUT2D eigenvalue weighted by Gasteiger charge is 2.07. The number of hydrogen-bond acceptors (Lipinski definition) is 5. The quantitative estimate of drug-likeness (QED) is 0.357. The van der Waals surface area contributed by atoms with Crippen LogP contribution in [0.1, 0.15) is 17.0 Å². The van der Waals surface area contributed by atoms with Crippen molar-refractivity contribution >= 4 is 23.3 Å². The van der Waals surface area contributed by atoms with Crippen LogP contribution in [0.25, 0.3) is 46.2 Å². The van der Waals surface area contributed by atoms with Crippen LogP contribution in [0.5, 0.6) is 0 Å². The number of hydrogen-bond donors (Lipinski definition) is 0. The fourth-order valence-corrected chi connectivity index (χ4v) is 3.08. The lowest BCUT2D eigenvalue weighted by atomic mass is 10.1. The Balaban J connectivity index is 1.32. The number of fused-ring (bicyclic) bond motifs is 1. The Hall–Kier alpha value is -3.99. The summed E-state index contributed by atoms with van der Waals surface area (Å²) in [7, 11) is 0. The Morgan fingerprint density at radius 2 is 1.31 bits per heavy atom. The summed E-state index contributed by atoms with van der Waals surface area (Å²) >= 11 is 0. The molecule has 5 heteroatoms. The van der Waals surface area contributed by atoms with Crippen molar-refractivity contribution in [2.24, 2.45) is 0 Å². The van der Waals surface area contributed by atoms with E-state index in [1.54, 1.807) is 6.92 Å². The van der Waals surface area contributed by atoms with Crippen molar-refractivity contribution < 1.29 is 8.94 Å². The van der Waals surface area contributed by atoms with Gasteiger partial charge in [-0.05, 0) is 54.4 Å². The molecule has 5 aromatic rings. The maximum atomic E-state index is 5.83. The van der Waals surface area contributed by atoms with Crippen molar-refractivity contribution in [2.45, 2.75) is 6.92 Å². The maximum Gasteiger partial charge on any atom is 0.257 e. The fraction of sp³-hybridized carbons (Fsp3) is 0.0417. The van der Waals surface area contributed by atoms with E-state index < -0.39 is 0 Å². The van der Waals surface area contributed by atoms with Gasteiger partial charge in [0.25, 0.3) is 5.89 Å². The van der Waals surface area contributed by atoms with Gasteiger partial charge in [-0.1, -0.05) is 53.7 Å². The third-order valence-electron chi connectivity index (χ3n) is 4.60. The van der Waals surface area contributed by atoms with Gasteiger partial charge in [0.1, 0.15) is 5.52 Å². The average molecular weight is 379 g/mol. The van der Waals surface area contributed by atoms with Crippen molar-refractivity contribution in [3.05, 3.63) is 89.7 Å². The third-order valence-corrected chi connectivity index (χ3v) is 4.60. The summed E-state index contributed by atoms with van der Waals surface area (Å²) in [5.41, 5.74) is 5.72. The largest absolute Gasteiger partial charge is 0.436 e. The number of benzene rings is 3. The van der Waals surface area contributed by atoms with E-state index in [9.17, 15) is 0 Å². The van der Waals surface area contributed by atoms with E-state index in [4.69, 9.17) is 8.94 Å². The van der Waals surface area contributed by atoms with Crippen LogP contribution in [-0.4, -0.2) is 15.1 Å². The number of para-hydroxylation sites is 2. The van der Waals surface area contributed by atoms with Crippen LogP contribution in [0.3, 0.4) is 0 Å². The smallest absolute Gasteiger partial charge is 0.257 e. The van der Waals surface area contributed by atoms with E-state index in [0.717, 1.165) is 33.4 Å². The summed E-state index contributed by atoms with van der Waals surface area (Å²) in [5.74, 6) is 1.80. The Morgan fingerprint density at radius 3 is 1.90 bits per heavy atom. The van der Waals surface area contributed by atoms with Crippen LogP contribution < -0.4 is 0 Å². The Morgan fingerprint density at radius 1 is 0.690 bits per heavy atom. The Labute approximate surface area is 167 Å². The number of oxazole rings is 1. The lowest BCUT2D eigenvalue weighted by molar-refractivity contribution is 0.425. The van der Waals surface area contributed by atoms with E-state index in [1.165, 1.54) is 0 Å². The van der Waals surface area contributed by atoms with E-state index >= 15 is 0 Å². The minimum absolute atomic E-state index is 0.535. The molecule has 0 atom stereocenters. The van der Waals surface area contributed by atoms with Crippen molar-refractivity contribution in [1.29, 1.82) is 0 Å². The summed E-state index contributed by atoms with van der Waals surface area (Å²) in [6, 6.07) is 23.9. The highest BCUT2D eigenvalue weighted by molar-refractivity contribution is 5.77. The summed E-state index contributed by atoms with van der Waals surface area (Å²) in [4.78, 5) is 8.78.